The van der Waals surface area contributed by atoms with E-state index < -0.39 is 6.04 Å². The normalized spacial score (nSPS) is 12.4. The van der Waals surface area contributed by atoms with Crippen molar-refractivity contribution in [1.29, 1.82) is 0 Å². The van der Waals surface area contributed by atoms with E-state index in [9.17, 15) is 9.59 Å². The van der Waals surface area contributed by atoms with Crippen LogP contribution in [-0.4, -0.2) is 27.2 Å². The molecule has 8 nitrogen and oxygen atoms in total. The summed E-state index contributed by atoms with van der Waals surface area (Å²) in [7, 11) is 1.60. The molecule has 3 heterocycles. The van der Waals surface area contributed by atoms with Gasteiger partial charge in [0.05, 0.1) is 18.9 Å². The van der Waals surface area contributed by atoms with Gasteiger partial charge in [-0.2, -0.15) is 5.10 Å². The van der Waals surface area contributed by atoms with Crippen LogP contribution in [0.15, 0.2) is 51.9 Å². The van der Waals surface area contributed by atoms with E-state index in [1.807, 2.05) is 31.2 Å². The minimum absolute atomic E-state index is 0.260. The number of carbonyl (C=O) groups excluding carboxylic acids is 1. The second kappa shape index (κ2) is 7.46. The molecule has 4 aromatic rings. The second-order valence-corrected chi connectivity index (χ2v) is 6.83. The molecule has 0 aliphatic carbocycles. The van der Waals surface area contributed by atoms with Crippen LogP contribution in [0.4, 0.5) is 0 Å². The zero-order chi connectivity index (χ0) is 20.5. The summed E-state index contributed by atoms with van der Waals surface area (Å²) in [5.74, 6) is 1.07. The third kappa shape index (κ3) is 3.26. The predicted octanol–water partition coefficient (Wildman–Crippen LogP) is 2.83. The van der Waals surface area contributed by atoms with E-state index in [0.717, 1.165) is 16.8 Å². The maximum absolute atomic E-state index is 13.1. The van der Waals surface area contributed by atoms with Gasteiger partial charge in [-0.05, 0) is 31.0 Å². The highest BCUT2D eigenvalue weighted by Gasteiger charge is 2.23. The molecular weight excluding hydrogens is 372 g/mol. The molecule has 0 aliphatic rings. The van der Waals surface area contributed by atoms with Crippen molar-refractivity contribution in [3.8, 4) is 5.75 Å². The number of methoxy groups -OCH3 is 1. The number of aryl methyl sites for hydroxylation is 1. The number of nitrogens with one attached hydrogen (secondary N) is 1. The van der Waals surface area contributed by atoms with Crippen LogP contribution in [0.2, 0.25) is 0 Å². The summed E-state index contributed by atoms with van der Waals surface area (Å²) in [4.78, 5) is 25.9. The molecule has 4 rings (SSSR count). The topological polar surface area (TPSA) is 90.8 Å². The summed E-state index contributed by atoms with van der Waals surface area (Å²) >= 11 is 0. The Kier molecular flexibility index (Phi) is 4.84. The third-order valence-corrected chi connectivity index (χ3v) is 5.01. The van der Waals surface area contributed by atoms with E-state index in [4.69, 9.17) is 9.15 Å². The summed E-state index contributed by atoms with van der Waals surface area (Å²) in [5, 5.41) is 7.32. The number of furan rings is 1. The Morgan fingerprint density at radius 1 is 1.28 bits per heavy atom. The molecule has 0 spiro atoms. The molecule has 1 N–H and O–H groups in total. The number of hydrogen-bond acceptors (Lipinski definition) is 5. The van der Waals surface area contributed by atoms with Crippen molar-refractivity contribution < 1.29 is 13.9 Å². The third-order valence-electron chi connectivity index (χ3n) is 5.01. The number of rotatable bonds is 6. The van der Waals surface area contributed by atoms with Gasteiger partial charge in [-0.15, -0.1) is 0 Å². The van der Waals surface area contributed by atoms with Crippen LogP contribution in [0, 0.1) is 6.92 Å². The van der Waals surface area contributed by atoms with E-state index in [1.54, 1.807) is 36.8 Å². The Balaban J connectivity index is 1.64. The molecular formula is C21H22N4O4. The monoisotopic (exact) mass is 394 g/mol. The summed E-state index contributed by atoms with van der Waals surface area (Å²) < 4.78 is 13.6. The fraction of sp³-hybridized carbons (Fsp3) is 0.286. The first kappa shape index (κ1) is 18.8. The summed E-state index contributed by atoms with van der Waals surface area (Å²) in [5.41, 5.74) is 2.41. The van der Waals surface area contributed by atoms with Gasteiger partial charge in [-0.3, -0.25) is 14.0 Å². The lowest BCUT2D eigenvalue weighted by molar-refractivity contribution is -0.125. The second-order valence-electron chi connectivity index (χ2n) is 6.83. The average molecular weight is 394 g/mol. The minimum atomic E-state index is -0.710. The van der Waals surface area contributed by atoms with E-state index >= 15 is 0 Å². The van der Waals surface area contributed by atoms with Gasteiger partial charge in [-0.1, -0.05) is 19.1 Å². The molecule has 0 aliphatic heterocycles. The van der Waals surface area contributed by atoms with Crippen molar-refractivity contribution in [2.24, 2.45) is 0 Å². The van der Waals surface area contributed by atoms with Gasteiger partial charge >= 0.3 is 0 Å². The number of ether oxygens (including phenoxy) is 1. The quantitative estimate of drug-likeness (QED) is 0.543. The summed E-state index contributed by atoms with van der Waals surface area (Å²) in [6.45, 7) is 3.99. The molecule has 0 fully saturated rings. The number of carbonyl (C=O) groups is 1. The van der Waals surface area contributed by atoms with Crippen LogP contribution < -0.4 is 15.6 Å². The number of hydrogen-bond donors (Lipinski definition) is 1. The Bertz CT molecular complexity index is 1250. The van der Waals surface area contributed by atoms with E-state index in [0.29, 0.717) is 29.9 Å². The average Bonchev–Trinajstić information content (AvgIpc) is 3.32. The molecule has 0 bridgehead atoms. The van der Waals surface area contributed by atoms with Crippen LogP contribution in [0.1, 0.15) is 30.8 Å². The SMILES string of the molecule is CC[C@H](C(=O)NCc1cccc(OC)c1)n1nc(C)n2c(cc3occc32)c1=O. The lowest BCUT2D eigenvalue weighted by Crippen LogP contribution is -2.39. The van der Waals surface area contributed by atoms with Gasteiger partial charge in [0.15, 0.2) is 5.58 Å². The molecule has 3 aromatic heterocycles. The first-order valence-corrected chi connectivity index (χ1v) is 9.42. The Labute approximate surface area is 166 Å². The molecule has 1 atom stereocenters. The largest absolute Gasteiger partial charge is 0.497 e. The van der Waals surface area contributed by atoms with E-state index in [-0.39, 0.29) is 11.5 Å². The van der Waals surface area contributed by atoms with Crippen molar-refractivity contribution in [3.63, 3.8) is 0 Å². The Morgan fingerprint density at radius 3 is 2.86 bits per heavy atom. The Hall–Kier alpha value is -3.55. The molecule has 1 amide bonds. The van der Waals surface area contributed by atoms with E-state index in [1.165, 1.54) is 4.68 Å². The van der Waals surface area contributed by atoms with E-state index in [2.05, 4.69) is 10.4 Å². The summed E-state index contributed by atoms with van der Waals surface area (Å²) in [6.07, 6.45) is 2.01. The van der Waals surface area contributed by atoms with Gasteiger partial charge in [0.2, 0.25) is 5.91 Å². The lowest BCUT2D eigenvalue weighted by Gasteiger charge is -2.18. The number of nitrogens with zero attached hydrogens (tertiary/aromatic N) is 3. The zero-order valence-corrected chi connectivity index (χ0v) is 16.5. The van der Waals surface area contributed by atoms with Crippen molar-refractivity contribution in [2.75, 3.05) is 7.11 Å². The van der Waals surface area contributed by atoms with Crippen molar-refractivity contribution >= 4 is 22.5 Å². The molecule has 0 saturated heterocycles. The number of fused-ring (bicyclic) bond motifs is 3. The smallest absolute Gasteiger partial charge is 0.291 e. The fourth-order valence-corrected chi connectivity index (χ4v) is 3.56. The van der Waals surface area contributed by atoms with Gasteiger partial charge in [-0.25, -0.2) is 4.68 Å². The highest BCUT2D eigenvalue weighted by atomic mass is 16.5. The van der Waals surface area contributed by atoms with Crippen LogP contribution in [0.5, 0.6) is 5.75 Å². The standard InChI is InChI=1S/C21H22N4O4/c1-4-16(20(26)22-12-14-6-5-7-15(10-14)28-3)25-21(27)18-11-19-17(8-9-29-19)24(18)13(2)23-25/h5-11,16H,4,12H2,1-3H3,(H,22,26)/t16-/m1/s1. The molecule has 0 radical (unpaired) electrons. The van der Waals surface area contributed by atoms with Crippen LogP contribution in [-0.2, 0) is 11.3 Å². The van der Waals surface area contributed by atoms with Gasteiger partial charge < -0.3 is 14.5 Å². The molecule has 0 saturated carbocycles. The Morgan fingerprint density at radius 2 is 2.10 bits per heavy atom. The summed E-state index contributed by atoms with van der Waals surface area (Å²) in [6, 6.07) is 10.2. The first-order chi connectivity index (χ1) is 14.0. The minimum Gasteiger partial charge on any atom is -0.497 e. The first-order valence-electron chi connectivity index (χ1n) is 9.42. The molecule has 1 aromatic carbocycles. The molecule has 29 heavy (non-hydrogen) atoms. The van der Waals surface area contributed by atoms with Gasteiger partial charge in [0.25, 0.3) is 5.56 Å². The highest BCUT2D eigenvalue weighted by Crippen LogP contribution is 2.21. The highest BCUT2D eigenvalue weighted by molar-refractivity contribution is 5.83. The zero-order valence-electron chi connectivity index (χ0n) is 16.5. The maximum Gasteiger partial charge on any atom is 0.291 e. The van der Waals surface area contributed by atoms with Gasteiger partial charge in [0, 0.05) is 18.7 Å². The molecule has 8 heteroatoms. The predicted molar refractivity (Wildman–Crippen MR) is 108 cm³/mol. The fourth-order valence-electron chi connectivity index (χ4n) is 3.56. The number of aromatic nitrogens is 3. The van der Waals surface area contributed by atoms with Crippen LogP contribution in [0.25, 0.3) is 16.6 Å². The van der Waals surface area contributed by atoms with Gasteiger partial charge in [0.1, 0.15) is 23.1 Å². The van der Waals surface area contributed by atoms with Crippen molar-refractivity contribution in [1.82, 2.24) is 19.5 Å². The maximum atomic E-state index is 13.1. The molecule has 150 valence electrons. The van der Waals surface area contributed by atoms with Crippen molar-refractivity contribution in [2.45, 2.75) is 32.9 Å². The lowest BCUT2D eigenvalue weighted by atomic mass is 10.2. The number of amides is 1. The van der Waals surface area contributed by atoms with Crippen LogP contribution >= 0.6 is 0 Å². The van der Waals surface area contributed by atoms with Crippen LogP contribution in [0.3, 0.4) is 0 Å². The van der Waals surface area contributed by atoms with Crippen molar-refractivity contribution in [3.05, 3.63) is 64.4 Å². The number of benzene rings is 1. The molecule has 0 unspecified atom stereocenters.